The quantitative estimate of drug-likeness (QED) is 0.218. The van der Waals surface area contributed by atoms with Crippen molar-refractivity contribution in [2.24, 2.45) is 7.05 Å². The molecule has 3 N–H and O–H groups in total. The van der Waals surface area contributed by atoms with E-state index in [-0.39, 0.29) is 17.4 Å². The molecule has 9 heteroatoms. The normalized spacial score (nSPS) is 13.4. The van der Waals surface area contributed by atoms with Gasteiger partial charge >= 0.3 is 0 Å². The van der Waals surface area contributed by atoms with E-state index in [0.29, 0.717) is 35.3 Å². The monoisotopic (exact) mass is 583 g/mol. The summed E-state index contributed by atoms with van der Waals surface area (Å²) in [6.45, 7) is 11.5. The Morgan fingerprint density at radius 2 is 1.72 bits per heavy atom. The summed E-state index contributed by atoms with van der Waals surface area (Å²) < 4.78 is 7.97. The predicted molar refractivity (Wildman–Crippen MR) is 171 cm³/mol. The summed E-state index contributed by atoms with van der Waals surface area (Å²) >= 11 is 0. The molecule has 4 aromatic rings. The van der Waals surface area contributed by atoms with Crippen LogP contribution in [0.4, 0.5) is 5.69 Å². The fraction of sp³-hybridized carbons (Fsp3) is 0.382. The second-order valence-electron chi connectivity index (χ2n) is 11.6. The molecular formula is C34H41N5O4. The first kappa shape index (κ1) is 30.1. The third-order valence-corrected chi connectivity index (χ3v) is 7.95. The Labute approximate surface area is 252 Å². The fourth-order valence-corrected chi connectivity index (χ4v) is 5.90. The van der Waals surface area contributed by atoms with Crippen LogP contribution in [0.1, 0.15) is 59.8 Å². The number of likely N-dealkylation sites (tertiary alicyclic amines) is 1. The lowest BCUT2D eigenvalue weighted by molar-refractivity contribution is -0.116. The zero-order valence-electron chi connectivity index (χ0n) is 25.7. The number of benzene rings is 2. The van der Waals surface area contributed by atoms with E-state index in [1.165, 1.54) is 17.4 Å². The molecule has 0 radical (unpaired) electrons. The van der Waals surface area contributed by atoms with E-state index in [9.17, 15) is 14.4 Å². The van der Waals surface area contributed by atoms with Crippen molar-refractivity contribution >= 4 is 28.4 Å². The summed E-state index contributed by atoms with van der Waals surface area (Å²) in [5.41, 5.74) is 5.78. The van der Waals surface area contributed by atoms with Crippen LogP contribution in [-0.4, -0.2) is 52.4 Å². The number of nitrogens with zero attached hydrogens (tertiary/aromatic N) is 2. The average molecular weight is 584 g/mol. The highest BCUT2D eigenvalue weighted by molar-refractivity contribution is 6.02. The van der Waals surface area contributed by atoms with Gasteiger partial charge in [0.1, 0.15) is 22.7 Å². The number of aromatic amines is 1. The Morgan fingerprint density at radius 1 is 1.00 bits per heavy atom. The summed E-state index contributed by atoms with van der Waals surface area (Å²) in [4.78, 5) is 43.5. The van der Waals surface area contributed by atoms with Crippen LogP contribution in [0.3, 0.4) is 0 Å². The molecule has 0 aliphatic carbocycles. The van der Waals surface area contributed by atoms with Crippen molar-refractivity contribution in [2.45, 2.75) is 53.4 Å². The molecule has 2 amide bonds. The molecule has 9 nitrogen and oxygen atoms in total. The van der Waals surface area contributed by atoms with Crippen LogP contribution in [0, 0.1) is 20.8 Å². The van der Waals surface area contributed by atoms with Gasteiger partial charge in [-0.15, -0.1) is 0 Å². The second-order valence-corrected chi connectivity index (χ2v) is 11.6. The minimum absolute atomic E-state index is 0.0265. The Hall–Kier alpha value is -4.37. The molecule has 3 heterocycles. The molecule has 0 saturated carbocycles. The summed E-state index contributed by atoms with van der Waals surface area (Å²) in [7, 11) is 1.70. The van der Waals surface area contributed by atoms with Crippen LogP contribution in [-0.2, 0) is 11.8 Å². The number of carbonyl (C=O) groups excluding carboxylic acids is 2. The van der Waals surface area contributed by atoms with Gasteiger partial charge < -0.3 is 29.8 Å². The third-order valence-electron chi connectivity index (χ3n) is 7.95. The summed E-state index contributed by atoms with van der Waals surface area (Å²) in [6, 6.07) is 11.6. The number of aryl methyl sites for hydroxylation is 4. The van der Waals surface area contributed by atoms with E-state index in [1.54, 1.807) is 19.3 Å². The maximum absolute atomic E-state index is 12.9. The lowest BCUT2D eigenvalue weighted by Crippen LogP contribution is -2.23. The van der Waals surface area contributed by atoms with Crippen LogP contribution in [0.15, 0.2) is 47.4 Å². The van der Waals surface area contributed by atoms with Gasteiger partial charge in [-0.1, -0.05) is 6.07 Å². The molecular weight excluding hydrogens is 542 g/mol. The maximum atomic E-state index is 12.9. The van der Waals surface area contributed by atoms with Gasteiger partial charge in [-0.25, -0.2) is 0 Å². The van der Waals surface area contributed by atoms with Gasteiger partial charge in [0.15, 0.2) is 0 Å². The van der Waals surface area contributed by atoms with Gasteiger partial charge in [-0.2, -0.15) is 0 Å². The highest BCUT2D eigenvalue weighted by atomic mass is 16.5. The van der Waals surface area contributed by atoms with Crippen LogP contribution >= 0.6 is 0 Å². The summed E-state index contributed by atoms with van der Waals surface area (Å²) in [6.07, 6.45) is 5.67. The second kappa shape index (κ2) is 12.9. The Kier molecular flexibility index (Phi) is 9.01. The van der Waals surface area contributed by atoms with Crippen molar-refractivity contribution in [3.63, 3.8) is 0 Å². The van der Waals surface area contributed by atoms with Crippen molar-refractivity contribution in [3.8, 4) is 22.6 Å². The first-order valence-electron chi connectivity index (χ1n) is 15.1. The van der Waals surface area contributed by atoms with Crippen LogP contribution in [0.25, 0.3) is 22.0 Å². The van der Waals surface area contributed by atoms with Gasteiger partial charge in [0.25, 0.3) is 11.5 Å². The van der Waals surface area contributed by atoms with Gasteiger partial charge in [0, 0.05) is 42.8 Å². The number of amides is 2. The van der Waals surface area contributed by atoms with Crippen LogP contribution in [0.5, 0.6) is 11.5 Å². The number of rotatable bonds is 10. The standard InChI is InChI=1S/C34H41N5O4/c1-6-35-33(41)29-19-27-28(20-38(5)34(42)31(27)37-29)24-14-21(2)15-26(18-24)43-32-22(3)16-25(17-23(32)4)36-30(40)10-9-13-39-11-7-8-12-39/h14-20,37H,6-13H2,1-5H3,(H,35,41)(H,36,40). The first-order valence-corrected chi connectivity index (χ1v) is 15.1. The number of nitrogens with one attached hydrogen (secondary N) is 3. The Bertz CT molecular complexity index is 1710. The third kappa shape index (κ3) is 6.83. The van der Waals surface area contributed by atoms with Gasteiger partial charge in [-0.05, 0) is 119 Å². The molecule has 0 atom stereocenters. The molecule has 2 aromatic carbocycles. The highest BCUT2D eigenvalue weighted by Crippen LogP contribution is 2.36. The van der Waals surface area contributed by atoms with Crippen molar-refractivity contribution < 1.29 is 14.3 Å². The number of ether oxygens (including phenoxy) is 1. The van der Waals surface area contributed by atoms with Gasteiger partial charge in [-0.3, -0.25) is 14.4 Å². The molecule has 0 bridgehead atoms. The highest BCUT2D eigenvalue weighted by Gasteiger charge is 2.18. The first-order chi connectivity index (χ1) is 20.6. The lowest BCUT2D eigenvalue weighted by Gasteiger charge is -2.17. The van der Waals surface area contributed by atoms with E-state index < -0.39 is 0 Å². The number of fused-ring (bicyclic) bond motifs is 1. The number of pyridine rings is 1. The number of hydrogen-bond donors (Lipinski definition) is 3. The minimum atomic E-state index is -0.257. The van der Waals surface area contributed by atoms with Crippen molar-refractivity contribution in [3.05, 3.63) is 75.3 Å². The molecule has 1 fully saturated rings. The largest absolute Gasteiger partial charge is 0.457 e. The smallest absolute Gasteiger partial charge is 0.274 e. The number of H-pyrrole nitrogens is 1. The molecule has 5 rings (SSSR count). The number of hydrogen-bond acceptors (Lipinski definition) is 5. The van der Waals surface area contributed by atoms with Crippen molar-refractivity contribution in [2.75, 3.05) is 31.5 Å². The molecule has 226 valence electrons. The van der Waals surface area contributed by atoms with E-state index in [1.807, 2.05) is 58.0 Å². The SMILES string of the molecule is CCNC(=O)c1cc2c(-c3cc(C)cc(Oc4c(C)cc(NC(=O)CCCN5CCCC5)cc4C)c3)cn(C)c(=O)c2[nH]1. The van der Waals surface area contributed by atoms with E-state index in [2.05, 4.69) is 20.5 Å². The Balaban J connectivity index is 1.37. The van der Waals surface area contributed by atoms with E-state index in [4.69, 9.17) is 4.74 Å². The average Bonchev–Trinajstić information content (AvgIpc) is 3.63. The number of carbonyl (C=O) groups is 2. The molecule has 2 aromatic heterocycles. The molecule has 43 heavy (non-hydrogen) atoms. The van der Waals surface area contributed by atoms with Crippen LogP contribution in [0.2, 0.25) is 0 Å². The molecule has 1 saturated heterocycles. The minimum Gasteiger partial charge on any atom is -0.457 e. The topological polar surface area (TPSA) is 108 Å². The summed E-state index contributed by atoms with van der Waals surface area (Å²) in [5.74, 6) is 1.15. The molecule has 0 spiro atoms. The van der Waals surface area contributed by atoms with Crippen LogP contribution < -0.4 is 20.9 Å². The summed E-state index contributed by atoms with van der Waals surface area (Å²) in [5, 5.41) is 6.51. The molecule has 1 aliphatic heterocycles. The molecule has 0 unspecified atom stereocenters. The lowest BCUT2D eigenvalue weighted by atomic mass is 10.0. The number of anilines is 1. The fourth-order valence-electron chi connectivity index (χ4n) is 5.90. The van der Waals surface area contributed by atoms with E-state index >= 15 is 0 Å². The van der Waals surface area contributed by atoms with Gasteiger partial charge in [0.05, 0.1) is 0 Å². The zero-order chi connectivity index (χ0) is 30.7. The van der Waals surface area contributed by atoms with Crippen molar-refractivity contribution in [1.82, 2.24) is 19.8 Å². The predicted octanol–water partition coefficient (Wildman–Crippen LogP) is 5.82. The zero-order valence-corrected chi connectivity index (χ0v) is 25.7. The van der Waals surface area contributed by atoms with Crippen molar-refractivity contribution in [1.29, 1.82) is 0 Å². The molecule has 1 aliphatic rings. The maximum Gasteiger partial charge on any atom is 0.274 e. The number of aromatic nitrogens is 2. The van der Waals surface area contributed by atoms with Gasteiger partial charge in [0.2, 0.25) is 5.91 Å². The van der Waals surface area contributed by atoms with E-state index in [0.717, 1.165) is 65.3 Å². The Morgan fingerprint density at radius 3 is 2.42 bits per heavy atom.